The number of halogens is 1. The van der Waals surface area contributed by atoms with E-state index in [4.69, 9.17) is 25.8 Å². The fourth-order valence-electron chi connectivity index (χ4n) is 2.98. The highest BCUT2D eigenvalue weighted by Gasteiger charge is 2.13. The van der Waals surface area contributed by atoms with E-state index in [0.717, 1.165) is 0 Å². The largest absolute Gasteiger partial charge is 0.493 e. The van der Waals surface area contributed by atoms with Gasteiger partial charge in [-0.1, -0.05) is 23.7 Å². The summed E-state index contributed by atoms with van der Waals surface area (Å²) in [6.07, 6.45) is 1.45. The molecule has 0 aromatic heterocycles. The lowest BCUT2D eigenvalue weighted by molar-refractivity contribution is 0.0953. The number of carbonyl (C=O) groups is 2. The van der Waals surface area contributed by atoms with Crippen LogP contribution in [0.25, 0.3) is 0 Å². The van der Waals surface area contributed by atoms with Crippen molar-refractivity contribution in [1.29, 1.82) is 0 Å². The van der Waals surface area contributed by atoms with Crippen molar-refractivity contribution in [2.45, 2.75) is 0 Å². The highest BCUT2D eigenvalue weighted by atomic mass is 35.5. The van der Waals surface area contributed by atoms with E-state index in [1.165, 1.54) is 27.5 Å². The van der Waals surface area contributed by atoms with Crippen LogP contribution in [-0.2, 0) is 0 Å². The van der Waals surface area contributed by atoms with E-state index < -0.39 is 5.91 Å². The van der Waals surface area contributed by atoms with Crippen molar-refractivity contribution >= 4 is 35.3 Å². The Labute approximate surface area is 196 Å². The van der Waals surface area contributed by atoms with Gasteiger partial charge < -0.3 is 19.5 Å². The molecule has 8 nitrogen and oxygen atoms in total. The van der Waals surface area contributed by atoms with Crippen molar-refractivity contribution < 1.29 is 23.8 Å². The number of hydrogen-bond donors (Lipinski definition) is 2. The average Bonchev–Trinajstić information content (AvgIpc) is 2.83. The minimum atomic E-state index is -0.447. The number of anilines is 1. The summed E-state index contributed by atoms with van der Waals surface area (Å²) < 4.78 is 15.9. The molecular formula is C24H22ClN3O5. The maximum Gasteiger partial charge on any atom is 0.271 e. The predicted octanol–water partition coefficient (Wildman–Crippen LogP) is 4.38. The first kappa shape index (κ1) is 23.6. The fraction of sp³-hybridized carbons (Fsp3) is 0.125. The molecule has 0 spiro atoms. The van der Waals surface area contributed by atoms with Crippen LogP contribution in [0.4, 0.5) is 5.69 Å². The van der Waals surface area contributed by atoms with Crippen molar-refractivity contribution in [2.24, 2.45) is 5.10 Å². The molecule has 3 aromatic carbocycles. The number of methoxy groups -OCH3 is 3. The number of rotatable bonds is 8. The molecule has 2 N–H and O–H groups in total. The third kappa shape index (κ3) is 6.02. The molecule has 2 amide bonds. The van der Waals surface area contributed by atoms with Crippen LogP contribution < -0.4 is 25.0 Å². The molecule has 170 valence electrons. The van der Waals surface area contributed by atoms with Crippen LogP contribution in [-0.4, -0.2) is 39.4 Å². The van der Waals surface area contributed by atoms with E-state index >= 15 is 0 Å². The van der Waals surface area contributed by atoms with Crippen LogP contribution in [0.1, 0.15) is 26.3 Å². The topological polar surface area (TPSA) is 98.2 Å². The summed E-state index contributed by atoms with van der Waals surface area (Å²) in [5, 5.41) is 7.20. The van der Waals surface area contributed by atoms with Gasteiger partial charge in [-0.05, 0) is 48.5 Å². The number of hydrazone groups is 1. The second kappa shape index (κ2) is 11.0. The molecular weight excluding hydrogens is 446 g/mol. The maximum atomic E-state index is 12.5. The van der Waals surface area contributed by atoms with Gasteiger partial charge in [0.05, 0.1) is 27.5 Å². The lowest BCUT2D eigenvalue weighted by Gasteiger charge is -2.12. The molecule has 3 rings (SSSR count). The van der Waals surface area contributed by atoms with Crippen LogP contribution in [0.3, 0.4) is 0 Å². The van der Waals surface area contributed by atoms with E-state index in [0.29, 0.717) is 44.6 Å². The first-order valence-corrected chi connectivity index (χ1v) is 10.1. The maximum absolute atomic E-state index is 12.5. The number of nitrogens with zero attached hydrogens (tertiary/aromatic N) is 1. The molecule has 0 aliphatic heterocycles. The second-order valence-corrected chi connectivity index (χ2v) is 7.14. The summed E-state index contributed by atoms with van der Waals surface area (Å²) in [6, 6.07) is 16.5. The van der Waals surface area contributed by atoms with Gasteiger partial charge in [0.15, 0.2) is 11.5 Å². The van der Waals surface area contributed by atoms with Gasteiger partial charge in [0.2, 0.25) is 5.75 Å². The Hall–Kier alpha value is -4.04. The van der Waals surface area contributed by atoms with Crippen LogP contribution in [0, 0.1) is 0 Å². The van der Waals surface area contributed by atoms with E-state index in [2.05, 4.69) is 15.8 Å². The van der Waals surface area contributed by atoms with Crippen LogP contribution >= 0.6 is 11.6 Å². The Morgan fingerprint density at radius 3 is 2.09 bits per heavy atom. The standard InChI is InChI=1S/C24H22ClN3O5/c1-31-20-10-15(11-21(32-2)22(20)33-3)14-26-28-24(30)17-7-5-9-19(13-17)27-23(29)16-6-4-8-18(25)12-16/h4-14H,1-3H3,(H,27,29)(H,28,30)/b26-14-. The number of carbonyl (C=O) groups excluding carboxylic acids is 2. The molecule has 0 heterocycles. The van der Waals surface area contributed by atoms with Gasteiger partial charge in [-0.25, -0.2) is 5.43 Å². The number of benzene rings is 3. The smallest absolute Gasteiger partial charge is 0.271 e. The highest BCUT2D eigenvalue weighted by Crippen LogP contribution is 2.37. The summed E-state index contributed by atoms with van der Waals surface area (Å²) in [5.74, 6) is 0.603. The number of amides is 2. The molecule has 0 unspecified atom stereocenters. The third-order valence-corrected chi connectivity index (χ3v) is 4.77. The minimum Gasteiger partial charge on any atom is -0.493 e. The Morgan fingerprint density at radius 2 is 1.48 bits per heavy atom. The summed E-state index contributed by atoms with van der Waals surface area (Å²) in [5.41, 5.74) is 4.28. The van der Waals surface area contributed by atoms with Crippen molar-refractivity contribution in [1.82, 2.24) is 5.43 Å². The quantitative estimate of drug-likeness (QED) is 0.378. The lowest BCUT2D eigenvalue weighted by atomic mass is 10.1. The van der Waals surface area contributed by atoms with Crippen molar-refractivity contribution in [3.63, 3.8) is 0 Å². The summed E-state index contributed by atoms with van der Waals surface area (Å²) in [6.45, 7) is 0. The number of ether oxygens (including phenoxy) is 3. The Kier molecular flexibility index (Phi) is 7.88. The second-order valence-electron chi connectivity index (χ2n) is 6.70. The average molecular weight is 468 g/mol. The van der Waals surface area contributed by atoms with Gasteiger partial charge in [-0.15, -0.1) is 0 Å². The van der Waals surface area contributed by atoms with Gasteiger partial charge in [0.1, 0.15) is 0 Å². The molecule has 33 heavy (non-hydrogen) atoms. The zero-order chi connectivity index (χ0) is 23.8. The Bertz CT molecular complexity index is 1170. The van der Waals surface area contributed by atoms with Crippen LogP contribution in [0.5, 0.6) is 17.2 Å². The summed E-state index contributed by atoms with van der Waals surface area (Å²) >= 11 is 5.93. The van der Waals surface area contributed by atoms with E-state index in [1.807, 2.05) is 0 Å². The molecule has 0 atom stereocenters. The Morgan fingerprint density at radius 1 is 0.848 bits per heavy atom. The molecule has 0 saturated heterocycles. The minimum absolute atomic E-state index is 0.320. The monoisotopic (exact) mass is 467 g/mol. The molecule has 0 radical (unpaired) electrons. The fourth-order valence-corrected chi connectivity index (χ4v) is 3.17. The zero-order valence-electron chi connectivity index (χ0n) is 18.2. The Balaban J connectivity index is 1.69. The van der Waals surface area contributed by atoms with E-state index in [9.17, 15) is 9.59 Å². The normalized spacial score (nSPS) is 10.5. The van der Waals surface area contributed by atoms with Gasteiger partial charge in [0, 0.05) is 27.4 Å². The molecule has 0 bridgehead atoms. The number of hydrogen-bond acceptors (Lipinski definition) is 6. The van der Waals surface area contributed by atoms with E-state index in [1.54, 1.807) is 60.7 Å². The third-order valence-electron chi connectivity index (χ3n) is 4.54. The van der Waals surface area contributed by atoms with Crippen molar-refractivity contribution in [3.8, 4) is 17.2 Å². The molecule has 0 aliphatic rings. The molecule has 0 saturated carbocycles. The van der Waals surface area contributed by atoms with Gasteiger partial charge >= 0.3 is 0 Å². The van der Waals surface area contributed by atoms with Gasteiger partial charge in [-0.2, -0.15) is 5.10 Å². The number of nitrogens with one attached hydrogen (secondary N) is 2. The van der Waals surface area contributed by atoms with E-state index in [-0.39, 0.29) is 5.91 Å². The van der Waals surface area contributed by atoms with Crippen LogP contribution in [0.2, 0.25) is 5.02 Å². The molecule has 0 fully saturated rings. The molecule has 3 aromatic rings. The first-order chi connectivity index (χ1) is 15.9. The van der Waals surface area contributed by atoms with Gasteiger partial charge in [0.25, 0.3) is 11.8 Å². The summed E-state index contributed by atoms with van der Waals surface area (Å²) in [7, 11) is 4.54. The van der Waals surface area contributed by atoms with Crippen molar-refractivity contribution in [2.75, 3.05) is 26.6 Å². The van der Waals surface area contributed by atoms with Gasteiger partial charge in [-0.3, -0.25) is 9.59 Å². The lowest BCUT2D eigenvalue weighted by Crippen LogP contribution is -2.18. The highest BCUT2D eigenvalue weighted by molar-refractivity contribution is 6.31. The zero-order valence-corrected chi connectivity index (χ0v) is 19.0. The molecule has 9 heteroatoms. The predicted molar refractivity (Wildman–Crippen MR) is 127 cm³/mol. The first-order valence-electron chi connectivity index (χ1n) is 9.75. The van der Waals surface area contributed by atoms with Crippen molar-refractivity contribution in [3.05, 3.63) is 82.4 Å². The summed E-state index contributed by atoms with van der Waals surface area (Å²) in [4.78, 5) is 24.9. The molecule has 0 aliphatic carbocycles. The SMILES string of the molecule is COc1cc(/C=N\NC(=O)c2cccc(NC(=O)c3cccc(Cl)c3)c2)cc(OC)c1OC. The van der Waals surface area contributed by atoms with Crippen LogP contribution in [0.15, 0.2) is 65.8 Å².